The number of aromatic amines is 1. The maximum absolute atomic E-state index is 12.3. The number of rotatable bonds is 4. The number of pyridine rings is 1. The normalized spacial score (nSPS) is 11.7. The van der Waals surface area contributed by atoms with Crippen molar-refractivity contribution in [2.45, 2.75) is 19.4 Å². The van der Waals surface area contributed by atoms with Crippen molar-refractivity contribution in [2.75, 3.05) is 0 Å². The second kappa shape index (κ2) is 6.60. The Hall–Kier alpha value is -2.80. The Kier molecular flexibility index (Phi) is 4.50. The van der Waals surface area contributed by atoms with Crippen molar-refractivity contribution in [1.82, 2.24) is 4.98 Å². The average Bonchev–Trinajstić information content (AvgIpc) is 2.54. The highest BCUT2D eigenvalue weighted by molar-refractivity contribution is 5.82. The molecule has 0 aliphatic rings. The quantitative estimate of drug-likeness (QED) is 0.758. The molecule has 2 aromatic carbocycles. The Labute approximate surface area is 140 Å². The van der Waals surface area contributed by atoms with Gasteiger partial charge in [0.15, 0.2) is 0 Å². The van der Waals surface area contributed by atoms with Crippen LogP contribution in [0.25, 0.3) is 10.9 Å². The van der Waals surface area contributed by atoms with Gasteiger partial charge in [-0.25, -0.2) is 0 Å². The molecule has 0 aliphatic heterocycles. The molecule has 0 amide bonds. The molecule has 3 rings (SSSR count). The molecule has 1 aromatic heterocycles. The van der Waals surface area contributed by atoms with E-state index in [4.69, 9.17) is 0 Å². The molecule has 130 valence electrons. The van der Waals surface area contributed by atoms with Gasteiger partial charge in [0.05, 0.1) is 12.1 Å². The summed E-state index contributed by atoms with van der Waals surface area (Å²) in [5, 5.41) is 10.1. The molecule has 0 radical (unpaired) electrons. The summed E-state index contributed by atoms with van der Waals surface area (Å²) in [6.07, 6.45) is -4.61. The number of halogens is 3. The first-order chi connectivity index (χ1) is 11.9. The highest BCUT2D eigenvalue weighted by atomic mass is 19.4. The van der Waals surface area contributed by atoms with Crippen LogP contribution in [0.15, 0.2) is 53.3 Å². The highest BCUT2D eigenvalue weighted by Crippen LogP contribution is 2.24. The fraction of sp³-hybridized carbons (Fsp3) is 0.167. The maximum atomic E-state index is 12.3. The van der Waals surface area contributed by atoms with Crippen LogP contribution >= 0.6 is 0 Å². The number of aliphatic hydroxyl groups is 1. The van der Waals surface area contributed by atoms with Crippen LogP contribution in [0.3, 0.4) is 0 Å². The van der Waals surface area contributed by atoms with E-state index in [2.05, 4.69) is 9.72 Å². The zero-order valence-corrected chi connectivity index (χ0v) is 12.9. The van der Waals surface area contributed by atoms with Crippen molar-refractivity contribution < 1.29 is 23.0 Å². The number of H-pyrrole nitrogens is 1. The molecule has 0 bridgehead atoms. The standard InChI is InChI=1S/C18H14F3NO3/c19-18(20,21)25-15-6-1-3-11(8-15)7-14-9-12-4-2-5-13(10-23)16(12)22-17(14)24/h1-6,8-9,23H,7,10H2,(H,22,24). The molecule has 4 nitrogen and oxygen atoms in total. The third-order valence-corrected chi connectivity index (χ3v) is 3.74. The van der Waals surface area contributed by atoms with Crippen molar-refractivity contribution in [3.63, 3.8) is 0 Å². The second-order valence-electron chi connectivity index (χ2n) is 5.54. The Bertz CT molecular complexity index is 964. The Morgan fingerprint density at radius 2 is 1.80 bits per heavy atom. The van der Waals surface area contributed by atoms with Crippen molar-refractivity contribution in [3.8, 4) is 5.75 Å². The number of ether oxygens (including phenoxy) is 1. The number of nitrogens with one attached hydrogen (secondary N) is 1. The minimum Gasteiger partial charge on any atom is -0.406 e. The maximum Gasteiger partial charge on any atom is 0.573 e. The number of fused-ring (bicyclic) bond motifs is 1. The van der Waals surface area contributed by atoms with Gasteiger partial charge < -0.3 is 14.8 Å². The van der Waals surface area contributed by atoms with E-state index in [-0.39, 0.29) is 24.3 Å². The minimum absolute atomic E-state index is 0.156. The third-order valence-electron chi connectivity index (χ3n) is 3.74. The molecule has 0 aliphatic carbocycles. The summed E-state index contributed by atoms with van der Waals surface area (Å²) in [5.41, 5.74) is 1.72. The Morgan fingerprint density at radius 1 is 1.04 bits per heavy atom. The van der Waals surface area contributed by atoms with Crippen LogP contribution in [0.1, 0.15) is 16.7 Å². The Morgan fingerprint density at radius 3 is 2.52 bits per heavy atom. The number of para-hydroxylation sites is 1. The first-order valence-electron chi connectivity index (χ1n) is 7.45. The predicted molar refractivity (Wildman–Crippen MR) is 86.4 cm³/mol. The van der Waals surface area contributed by atoms with E-state index in [1.54, 1.807) is 30.3 Å². The van der Waals surface area contributed by atoms with Crippen LogP contribution in [0.4, 0.5) is 13.2 Å². The number of hydrogen-bond acceptors (Lipinski definition) is 3. The van der Waals surface area contributed by atoms with Crippen LogP contribution in [0.2, 0.25) is 0 Å². The van der Waals surface area contributed by atoms with Gasteiger partial charge in [-0.2, -0.15) is 0 Å². The number of alkyl halides is 3. The van der Waals surface area contributed by atoms with Gasteiger partial charge in [0.2, 0.25) is 0 Å². The van der Waals surface area contributed by atoms with Crippen LogP contribution in [0.5, 0.6) is 5.75 Å². The van der Waals surface area contributed by atoms with Gasteiger partial charge in [-0.15, -0.1) is 13.2 Å². The number of benzene rings is 2. The van der Waals surface area contributed by atoms with E-state index < -0.39 is 6.36 Å². The van der Waals surface area contributed by atoms with Gasteiger partial charge in [0.1, 0.15) is 5.75 Å². The van der Waals surface area contributed by atoms with Gasteiger partial charge in [0, 0.05) is 17.5 Å². The van der Waals surface area contributed by atoms with Gasteiger partial charge in [-0.05, 0) is 29.1 Å². The topological polar surface area (TPSA) is 62.3 Å². The fourth-order valence-corrected chi connectivity index (χ4v) is 2.68. The molecule has 1 heterocycles. The van der Waals surface area contributed by atoms with Crippen LogP contribution < -0.4 is 10.3 Å². The lowest BCUT2D eigenvalue weighted by atomic mass is 10.0. The minimum atomic E-state index is -4.76. The molecule has 0 saturated carbocycles. The van der Waals surface area contributed by atoms with E-state index in [1.807, 2.05) is 0 Å². The van der Waals surface area contributed by atoms with E-state index >= 15 is 0 Å². The molecular weight excluding hydrogens is 335 g/mol. The lowest BCUT2D eigenvalue weighted by Crippen LogP contribution is -2.17. The van der Waals surface area contributed by atoms with E-state index in [0.29, 0.717) is 22.2 Å². The van der Waals surface area contributed by atoms with Crippen LogP contribution in [0, 0.1) is 0 Å². The lowest BCUT2D eigenvalue weighted by molar-refractivity contribution is -0.274. The second-order valence-corrected chi connectivity index (χ2v) is 5.54. The largest absolute Gasteiger partial charge is 0.573 e. The molecule has 0 unspecified atom stereocenters. The molecule has 3 aromatic rings. The third kappa shape index (κ3) is 4.00. The average molecular weight is 349 g/mol. The summed E-state index contributed by atoms with van der Waals surface area (Å²) in [4.78, 5) is 15.0. The summed E-state index contributed by atoms with van der Waals surface area (Å²) in [6, 6.07) is 12.4. The molecule has 0 atom stereocenters. The van der Waals surface area contributed by atoms with Gasteiger partial charge in [-0.1, -0.05) is 30.3 Å². The van der Waals surface area contributed by atoms with Crippen LogP contribution in [-0.2, 0) is 13.0 Å². The molecule has 2 N–H and O–H groups in total. The lowest BCUT2D eigenvalue weighted by Gasteiger charge is -2.10. The summed E-state index contributed by atoms with van der Waals surface area (Å²) < 4.78 is 40.8. The summed E-state index contributed by atoms with van der Waals surface area (Å²) in [7, 11) is 0. The van der Waals surface area contributed by atoms with Crippen LogP contribution in [-0.4, -0.2) is 16.5 Å². The van der Waals surface area contributed by atoms with E-state index in [9.17, 15) is 23.1 Å². The summed E-state index contributed by atoms with van der Waals surface area (Å²) in [5.74, 6) is -0.329. The monoisotopic (exact) mass is 349 g/mol. The molecule has 0 fully saturated rings. The molecule has 25 heavy (non-hydrogen) atoms. The number of aromatic nitrogens is 1. The smallest absolute Gasteiger partial charge is 0.406 e. The molecule has 0 spiro atoms. The van der Waals surface area contributed by atoms with Crippen molar-refractivity contribution in [3.05, 3.63) is 75.6 Å². The van der Waals surface area contributed by atoms with Crippen molar-refractivity contribution in [1.29, 1.82) is 0 Å². The molecular formula is C18H14F3NO3. The van der Waals surface area contributed by atoms with Crippen molar-refractivity contribution in [2.24, 2.45) is 0 Å². The Balaban J connectivity index is 1.94. The van der Waals surface area contributed by atoms with Gasteiger partial charge >= 0.3 is 6.36 Å². The van der Waals surface area contributed by atoms with Gasteiger partial charge in [-0.3, -0.25) is 4.79 Å². The highest BCUT2D eigenvalue weighted by Gasteiger charge is 2.31. The summed E-state index contributed by atoms with van der Waals surface area (Å²) >= 11 is 0. The SMILES string of the molecule is O=c1[nH]c2c(CO)cccc2cc1Cc1cccc(OC(F)(F)F)c1. The first kappa shape index (κ1) is 17.0. The molecule has 0 saturated heterocycles. The zero-order chi connectivity index (χ0) is 18.0. The van der Waals surface area contributed by atoms with Gasteiger partial charge in [0.25, 0.3) is 5.56 Å². The zero-order valence-electron chi connectivity index (χ0n) is 12.9. The fourth-order valence-electron chi connectivity index (χ4n) is 2.68. The molecule has 7 heteroatoms. The van der Waals surface area contributed by atoms with Crippen molar-refractivity contribution >= 4 is 10.9 Å². The predicted octanol–water partition coefficient (Wildman–Crippen LogP) is 3.51. The summed E-state index contributed by atoms with van der Waals surface area (Å²) in [6.45, 7) is -0.205. The first-order valence-corrected chi connectivity index (χ1v) is 7.45. The van der Waals surface area contributed by atoms with E-state index in [1.165, 1.54) is 18.2 Å². The van der Waals surface area contributed by atoms with E-state index in [0.717, 1.165) is 5.39 Å². The number of hydrogen-bond donors (Lipinski definition) is 2. The number of aliphatic hydroxyl groups excluding tert-OH is 1.